The Morgan fingerprint density at radius 3 is 2.57 bits per heavy atom. The van der Waals surface area contributed by atoms with Gasteiger partial charge in [-0.3, -0.25) is 4.79 Å². The highest BCUT2D eigenvalue weighted by Gasteiger charge is 2.16. The van der Waals surface area contributed by atoms with Gasteiger partial charge in [-0.1, -0.05) is 25.0 Å². The van der Waals surface area contributed by atoms with E-state index in [1.807, 2.05) is 12.1 Å². The number of hydrogen-bond donors (Lipinski definition) is 2. The summed E-state index contributed by atoms with van der Waals surface area (Å²) < 4.78 is 5.13. The van der Waals surface area contributed by atoms with Gasteiger partial charge in [0.05, 0.1) is 7.11 Å². The zero-order valence-corrected chi connectivity index (χ0v) is 12.9. The number of hydrogen-bond acceptors (Lipinski definition) is 3. The second kappa shape index (κ2) is 8.67. The number of nitrogens with one attached hydrogen (secondary N) is 2. The Kier molecular flexibility index (Phi) is 6.54. The first kappa shape index (κ1) is 15.8. The summed E-state index contributed by atoms with van der Waals surface area (Å²) in [6, 6.07) is 8.53. The van der Waals surface area contributed by atoms with Crippen LogP contribution in [0.1, 0.15) is 37.7 Å². The highest BCUT2D eigenvalue weighted by Crippen LogP contribution is 2.17. The molecule has 2 N–H and O–H groups in total. The van der Waals surface area contributed by atoms with Gasteiger partial charge >= 0.3 is 0 Å². The molecule has 0 radical (unpaired) electrons. The molecule has 1 aromatic carbocycles. The van der Waals surface area contributed by atoms with E-state index in [0.717, 1.165) is 38.1 Å². The second-order valence-corrected chi connectivity index (χ2v) is 5.65. The van der Waals surface area contributed by atoms with Crippen molar-refractivity contribution >= 4 is 5.91 Å². The van der Waals surface area contributed by atoms with Gasteiger partial charge in [-0.15, -0.1) is 0 Å². The summed E-state index contributed by atoms with van der Waals surface area (Å²) >= 11 is 0. The minimum absolute atomic E-state index is 0.179. The minimum Gasteiger partial charge on any atom is -0.497 e. The summed E-state index contributed by atoms with van der Waals surface area (Å²) in [5.41, 5.74) is 1.28. The van der Waals surface area contributed by atoms with Crippen LogP contribution in [0.3, 0.4) is 0 Å². The van der Waals surface area contributed by atoms with Gasteiger partial charge in [0.1, 0.15) is 5.75 Å². The number of benzene rings is 1. The molecule has 1 aliphatic rings. The van der Waals surface area contributed by atoms with E-state index in [-0.39, 0.29) is 5.91 Å². The van der Waals surface area contributed by atoms with E-state index < -0.39 is 0 Å². The number of amides is 1. The lowest BCUT2D eigenvalue weighted by Gasteiger charge is -2.12. The van der Waals surface area contributed by atoms with Crippen molar-refractivity contribution in [3.8, 4) is 5.75 Å². The van der Waals surface area contributed by atoms with Crippen LogP contribution in [0.2, 0.25) is 0 Å². The fraction of sp³-hybridized carbons (Fsp3) is 0.588. The Morgan fingerprint density at radius 1 is 1.19 bits per heavy atom. The van der Waals surface area contributed by atoms with Crippen LogP contribution in [0, 0.1) is 0 Å². The Bertz CT molecular complexity index is 425. The van der Waals surface area contributed by atoms with E-state index >= 15 is 0 Å². The monoisotopic (exact) mass is 290 g/mol. The number of ether oxygens (including phenoxy) is 1. The summed E-state index contributed by atoms with van der Waals surface area (Å²) in [5, 5.41) is 6.43. The molecule has 116 valence electrons. The van der Waals surface area contributed by atoms with Crippen molar-refractivity contribution in [2.24, 2.45) is 0 Å². The maximum Gasteiger partial charge on any atom is 0.221 e. The number of methoxy groups -OCH3 is 1. The van der Waals surface area contributed by atoms with Crippen LogP contribution in [0.15, 0.2) is 24.3 Å². The van der Waals surface area contributed by atoms with E-state index in [1.165, 1.54) is 18.4 Å². The Labute approximate surface area is 127 Å². The number of carbonyl (C=O) groups excluding carboxylic acids is 1. The van der Waals surface area contributed by atoms with Crippen LogP contribution in [-0.4, -0.2) is 32.1 Å². The van der Waals surface area contributed by atoms with Gasteiger partial charge in [-0.2, -0.15) is 0 Å². The lowest BCUT2D eigenvalue weighted by Crippen LogP contribution is -2.34. The number of carbonyl (C=O) groups is 1. The molecular weight excluding hydrogens is 264 g/mol. The van der Waals surface area contributed by atoms with E-state index in [2.05, 4.69) is 22.8 Å². The van der Waals surface area contributed by atoms with Gasteiger partial charge in [-0.05, 0) is 43.5 Å². The molecule has 0 saturated heterocycles. The van der Waals surface area contributed by atoms with Crippen molar-refractivity contribution in [3.05, 3.63) is 29.8 Å². The average Bonchev–Trinajstić information content (AvgIpc) is 3.00. The van der Waals surface area contributed by atoms with Crippen molar-refractivity contribution in [2.75, 3.05) is 20.2 Å². The molecule has 0 heterocycles. The predicted molar refractivity (Wildman–Crippen MR) is 84.6 cm³/mol. The van der Waals surface area contributed by atoms with Crippen molar-refractivity contribution in [2.45, 2.75) is 44.6 Å². The van der Waals surface area contributed by atoms with Crippen molar-refractivity contribution < 1.29 is 9.53 Å². The third-order valence-corrected chi connectivity index (χ3v) is 4.00. The van der Waals surface area contributed by atoms with Crippen LogP contribution >= 0.6 is 0 Å². The molecular formula is C17H26N2O2. The first-order chi connectivity index (χ1) is 10.3. The smallest absolute Gasteiger partial charge is 0.221 e. The Balaban J connectivity index is 1.53. The SMILES string of the molecule is COc1ccc(CCNCCC(=O)NC2CCCC2)cc1. The van der Waals surface area contributed by atoms with E-state index in [4.69, 9.17) is 4.74 Å². The summed E-state index contributed by atoms with van der Waals surface area (Å²) in [4.78, 5) is 11.7. The molecule has 0 aliphatic heterocycles. The summed E-state index contributed by atoms with van der Waals surface area (Å²) in [6.07, 6.45) is 6.34. The molecule has 0 spiro atoms. The third-order valence-electron chi connectivity index (χ3n) is 4.00. The average molecular weight is 290 g/mol. The lowest BCUT2D eigenvalue weighted by atomic mass is 10.1. The molecule has 4 nitrogen and oxygen atoms in total. The molecule has 0 unspecified atom stereocenters. The molecule has 2 rings (SSSR count). The minimum atomic E-state index is 0.179. The molecule has 1 amide bonds. The molecule has 1 saturated carbocycles. The molecule has 1 aliphatic carbocycles. The topological polar surface area (TPSA) is 50.4 Å². The predicted octanol–water partition coefficient (Wildman–Crippen LogP) is 2.28. The highest BCUT2D eigenvalue weighted by atomic mass is 16.5. The second-order valence-electron chi connectivity index (χ2n) is 5.65. The summed E-state index contributed by atoms with van der Waals surface area (Å²) in [6.45, 7) is 1.64. The molecule has 0 atom stereocenters. The Hall–Kier alpha value is -1.55. The van der Waals surface area contributed by atoms with Gasteiger partial charge in [0.25, 0.3) is 0 Å². The van der Waals surface area contributed by atoms with Crippen molar-refractivity contribution in [1.29, 1.82) is 0 Å². The molecule has 0 aromatic heterocycles. The third kappa shape index (κ3) is 5.76. The van der Waals surface area contributed by atoms with Crippen molar-refractivity contribution in [3.63, 3.8) is 0 Å². The Morgan fingerprint density at radius 2 is 1.90 bits per heavy atom. The van der Waals surface area contributed by atoms with Crippen LogP contribution in [0.4, 0.5) is 0 Å². The highest BCUT2D eigenvalue weighted by molar-refractivity contribution is 5.76. The molecule has 1 aromatic rings. The summed E-state index contributed by atoms with van der Waals surface area (Å²) in [5.74, 6) is 1.06. The van der Waals surface area contributed by atoms with Gasteiger partial charge in [0, 0.05) is 19.0 Å². The van der Waals surface area contributed by atoms with Gasteiger partial charge in [0.2, 0.25) is 5.91 Å². The zero-order chi connectivity index (χ0) is 14.9. The largest absolute Gasteiger partial charge is 0.497 e. The van der Waals surface area contributed by atoms with Gasteiger partial charge in [-0.25, -0.2) is 0 Å². The zero-order valence-electron chi connectivity index (χ0n) is 12.9. The summed E-state index contributed by atoms with van der Waals surface area (Å²) in [7, 11) is 1.67. The number of rotatable bonds is 8. The molecule has 21 heavy (non-hydrogen) atoms. The fourth-order valence-corrected chi connectivity index (χ4v) is 2.72. The van der Waals surface area contributed by atoms with Gasteiger partial charge in [0.15, 0.2) is 0 Å². The van der Waals surface area contributed by atoms with Crippen LogP contribution < -0.4 is 15.4 Å². The van der Waals surface area contributed by atoms with Crippen LogP contribution in [0.5, 0.6) is 5.75 Å². The van der Waals surface area contributed by atoms with E-state index in [1.54, 1.807) is 7.11 Å². The van der Waals surface area contributed by atoms with Gasteiger partial charge < -0.3 is 15.4 Å². The molecule has 1 fully saturated rings. The molecule has 0 bridgehead atoms. The maximum atomic E-state index is 11.7. The molecule has 4 heteroatoms. The van der Waals surface area contributed by atoms with Crippen LogP contribution in [-0.2, 0) is 11.2 Å². The maximum absolute atomic E-state index is 11.7. The first-order valence-corrected chi connectivity index (χ1v) is 7.91. The quantitative estimate of drug-likeness (QED) is 0.722. The van der Waals surface area contributed by atoms with E-state index in [9.17, 15) is 4.79 Å². The first-order valence-electron chi connectivity index (χ1n) is 7.91. The van der Waals surface area contributed by atoms with Crippen molar-refractivity contribution in [1.82, 2.24) is 10.6 Å². The normalized spacial score (nSPS) is 15.1. The van der Waals surface area contributed by atoms with E-state index in [0.29, 0.717) is 12.5 Å². The lowest BCUT2D eigenvalue weighted by molar-refractivity contribution is -0.121. The van der Waals surface area contributed by atoms with Crippen LogP contribution in [0.25, 0.3) is 0 Å². The standard InChI is InChI=1S/C17H26N2O2/c1-21-16-8-6-14(7-9-16)10-12-18-13-11-17(20)19-15-4-2-3-5-15/h6-9,15,18H,2-5,10-13H2,1H3,(H,19,20). The fourth-order valence-electron chi connectivity index (χ4n) is 2.72.